The lowest BCUT2D eigenvalue weighted by atomic mass is 9.96. The third-order valence-corrected chi connectivity index (χ3v) is 4.57. The Morgan fingerprint density at radius 1 is 0.684 bits per heavy atom. The molecule has 1 nitrogen and oxygen atoms in total. The number of rotatable bonds is 10. The first-order valence-corrected chi connectivity index (χ1v) is 9.17. The van der Waals surface area contributed by atoms with Crippen molar-refractivity contribution in [1.29, 1.82) is 0 Å². The Hall–Kier alpha value is -0.0400. The zero-order chi connectivity index (χ0) is 13.6. The molecule has 1 heteroatoms. The van der Waals surface area contributed by atoms with Crippen molar-refractivity contribution in [3.63, 3.8) is 0 Å². The molecule has 0 heterocycles. The molecule has 0 saturated heterocycles. The van der Waals surface area contributed by atoms with Gasteiger partial charge in [-0.1, -0.05) is 84.0 Å². The summed E-state index contributed by atoms with van der Waals surface area (Å²) in [4.78, 5) is 0. The van der Waals surface area contributed by atoms with Gasteiger partial charge in [-0.15, -0.1) is 0 Å². The number of unbranched alkanes of at least 4 members (excludes halogenated alkanes) is 7. The van der Waals surface area contributed by atoms with E-state index in [2.05, 4.69) is 12.2 Å². The molecule has 0 radical (unpaired) electrons. The zero-order valence-corrected chi connectivity index (χ0v) is 13.4. The summed E-state index contributed by atoms with van der Waals surface area (Å²) in [7, 11) is 0. The maximum absolute atomic E-state index is 3.80. The molecule has 0 aromatic rings. The quantitative estimate of drug-likeness (QED) is 0.491. The minimum Gasteiger partial charge on any atom is -0.314 e. The van der Waals surface area contributed by atoms with Gasteiger partial charge in [0.25, 0.3) is 0 Å². The Kier molecular flexibility index (Phi) is 11.6. The molecule has 0 spiro atoms. The first-order chi connectivity index (χ1) is 9.43. The van der Waals surface area contributed by atoms with E-state index in [1.165, 1.54) is 103 Å². The summed E-state index contributed by atoms with van der Waals surface area (Å²) in [5.41, 5.74) is 0. The molecule has 1 N–H and O–H groups in total. The van der Waals surface area contributed by atoms with Crippen molar-refractivity contribution >= 4 is 0 Å². The molecule has 0 aromatic heterocycles. The summed E-state index contributed by atoms with van der Waals surface area (Å²) in [5.74, 6) is 0. The molecular weight excluding hydrogens is 230 g/mol. The van der Waals surface area contributed by atoms with Gasteiger partial charge in [0.15, 0.2) is 0 Å². The molecule has 1 saturated carbocycles. The van der Waals surface area contributed by atoms with Crippen LogP contribution in [-0.2, 0) is 0 Å². The number of hydrogen-bond donors (Lipinski definition) is 1. The van der Waals surface area contributed by atoms with Gasteiger partial charge in [0.1, 0.15) is 0 Å². The molecule has 1 fully saturated rings. The first-order valence-electron chi connectivity index (χ1n) is 9.17. The lowest BCUT2D eigenvalue weighted by molar-refractivity contribution is 0.385. The van der Waals surface area contributed by atoms with Crippen molar-refractivity contribution in [1.82, 2.24) is 5.32 Å². The minimum atomic E-state index is 0.838. The van der Waals surface area contributed by atoms with Gasteiger partial charge in [-0.05, 0) is 25.8 Å². The van der Waals surface area contributed by atoms with E-state index in [1.807, 2.05) is 0 Å². The topological polar surface area (TPSA) is 12.0 Å². The Bertz CT molecular complexity index is 171. The first kappa shape index (κ1) is 17.0. The summed E-state index contributed by atoms with van der Waals surface area (Å²) in [6, 6.07) is 0.838. The highest BCUT2D eigenvalue weighted by atomic mass is 14.9. The SMILES string of the molecule is CCCCCCCCCCNC1CCCCCCC1. The van der Waals surface area contributed by atoms with Crippen molar-refractivity contribution in [2.75, 3.05) is 6.54 Å². The summed E-state index contributed by atoms with van der Waals surface area (Å²) in [6.45, 7) is 3.56. The second-order valence-corrected chi connectivity index (χ2v) is 6.47. The van der Waals surface area contributed by atoms with Crippen molar-refractivity contribution in [2.24, 2.45) is 0 Å². The Morgan fingerprint density at radius 3 is 1.84 bits per heavy atom. The van der Waals surface area contributed by atoms with Crippen molar-refractivity contribution in [3.05, 3.63) is 0 Å². The normalized spacial score (nSPS) is 18.2. The summed E-state index contributed by atoms with van der Waals surface area (Å²) in [5, 5.41) is 3.80. The highest BCUT2D eigenvalue weighted by Crippen LogP contribution is 2.17. The van der Waals surface area contributed by atoms with E-state index in [0.29, 0.717) is 0 Å². The van der Waals surface area contributed by atoms with Crippen LogP contribution in [0.4, 0.5) is 0 Å². The van der Waals surface area contributed by atoms with E-state index in [0.717, 1.165) is 6.04 Å². The summed E-state index contributed by atoms with van der Waals surface area (Å²) < 4.78 is 0. The molecule has 1 aliphatic carbocycles. The van der Waals surface area contributed by atoms with E-state index < -0.39 is 0 Å². The lowest BCUT2D eigenvalue weighted by Gasteiger charge is -2.21. The molecule has 1 aliphatic rings. The molecule has 0 unspecified atom stereocenters. The lowest BCUT2D eigenvalue weighted by Crippen LogP contribution is -2.30. The van der Waals surface area contributed by atoms with E-state index >= 15 is 0 Å². The zero-order valence-electron chi connectivity index (χ0n) is 13.4. The van der Waals surface area contributed by atoms with Crippen LogP contribution in [0, 0.1) is 0 Å². The van der Waals surface area contributed by atoms with Crippen LogP contribution in [0.25, 0.3) is 0 Å². The molecule has 0 amide bonds. The van der Waals surface area contributed by atoms with Crippen LogP contribution in [-0.4, -0.2) is 12.6 Å². The van der Waals surface area contributed by atoms with Gasteiger partial charge in [0, 0.05) is 6.04 Å². The van der Waals surface area contributed by atoms with Gasteiger partial charge in [-0.25, -0.2) is 0 Å². The monoisotopic (exact) mass is 267 g/mol. The van der Waals surface area contributed by atoms with Gasteiger partial charge >= 0.3 is 0 Å². The van der Waals surface area contributed by atoms with Crippen LogP contribution < -0.4 is 5.32 Å². The van der Waals surface area contributed by atoms with Crippen molar-refractivity contribution in [3.8, 4) is 0 Å². The van der Waals surface area contributed by atoms with Crippen LogP contribution in [0.1, 0.15) is 103 Å². The third-order valence-electron chi connectivity index (χ3n) is 4.57. The molecule has 0 bridgehead atoms. The fourth-order valence-electron chi connectivity index (χ4n) is 3.23. The van der Waals surface area contributed by atoms with Gasteiger partial charge in [0.05, 0.1) is 0 Å². The van der Waals surface area contributed by atoms with Crippen LogP contribution >= 0.6 is 0 Å². The molecule has 0 atom stereocenters. The third kappa shape index (κ3) is 10.4. The van der Waals surface area contributed by atoms with E-state index in [1.54, 1.807) is 0 Å². The number of hydrogen-bond acceptors (Lipinski definition) is 1. The van der Waals surface area contributed by atoms with Crippen LogP contribution in [0.2, 0.25) is 0 Å². The van der Waals surface area contributed by atoms with Crippen molar-refractivity contribution in [2.45, 2.75) is 109 Å². The maximum atomic E-state index is 3.80. The molecule has 1 rings (SSSR count). The second-order valence-electron chi connectivity index (χ2n) is 6.47. The average molecular weight is 268 g/mol. The smallest absolute Gasteiger partial charge is 0.00670 e. The Morgan fingerprint density at radius 2 is 1.21 bits per heavy atom. The molecular formula is C18H37N. The maximum Gasteiger partial charge on any atom is 0.00670 e. The second kappa shape index (κ2) is 13.0. The molecule has 0 aromatic carbocycles. The van der Waals surface area contributed by atoms with Gasteiger partial charge < -0.3 is 5.32 Å². The fraction of sp³-hybridized carbons (Fsp3) is 1.00. The minimum absolute atomic E-state index is 0.838. The molecule has 19 heavy (non-hydrogen) atoms. The summed E-state index contributed by atoms with van der Waals surface area (Å²) >= 11 is 0. The van der Waals surface area contributed by atoms with Gasteiger partial charge in [-0.2, -0.15) is 0 Å². The van der Waals surface area contributed by atoms with E-state index in [-0.39, 0.29) is 0 Å². The van der Waals surface area contributed by atoms with E-state index in [4.69, 9.17) is 0 Å². The fourth-order valence-corrected chi connectivity index (χ4v) is 3.23. The highest BCUT2D eigenvalue weighted by Gasteiger charge is 2.09. The molecule has 114 valence electrons. The number of nitrogens with one attached hydrogen (secondary N) is 1. The Labute approximate surface area is 121 Å². The predicted octanol–water partition coefficient (Wildman–Crippen LogP) is 5.83. The van der Waals surface area contributed by atoms with E-state index in [9.17, 15) is 0 Å². The van der Waals surface area contributed by atoms with Crippen molar-refractivity contribution < 1.29 is 0 Å². The van der Waals surface area contributed by atoms with Gasteiger partial charge in [0.2, 0.25) is 0 Å². The molecule has 0 aliphatic heterocycles. The Balaban J connectivity index is 1.84. The summed E-state index contributed by atoms with van der Waals surface area (Å²) in [6.07, 6.45) is 21.6. The van der Waals surface area contributed by atoms with Crippen LogP contribution in [0.3, 0.4) is 0 Å². The average Bonchev–Trinajstić information content (AvgIpc) is 2.39. The largest absolute Gasteiger partial charge is 0.314 e. The highest BCUT2D eigenvalue weighted by molar-refractivity contribution is 4.69. The predicted molar refractivity (Wildman–Crippen MR) is 86.7 cm³/mol. The standard InChI is InChI=1S/C18H37N/c1-2-3-4-5-6-7-11-14-17-19-18-15-12-9-8-10-13-16-18/h18-19H,2-17H2,1H3. The van der Waals surface area contributed by atoms with Crippen LogP contribution in [0.15, 0.2) is 0 Å². The van der Waals surface area contributed by atoms with Crippen LogP contribution in [0.5, 0.6) is 0 Å². The van der Waals surface area contributed by atoms with Gasteiger partial charge in [-0.3, -0.25) is 0 Å².